The Hall–Kier alpha value is -3.46. The van der Waals surface area contributed by atoms with Gasteiger partial charge in [-0.25, -0.2) is 9.59 Å². The van der Waals surface area contributed by atoms with Crippen LogP contribution < -0.4 is 5.32 Å². The maximum Gasteiger partial charge on any atom is 0.344 e. The molecule has 31 heavy (non-hydrogen) atoms. The highest BCUT2D eigenvalue weighted by Gasteiger charge is 2.25. The lowest BCUT2D eigenvalue weighted by molar-refractivity contribution is -0.119. The van der Waals surface area contributed by atoms with Gasteiger partial charge in [-0.2, -0.15) is 0 Å². The lowest BCUT2D eigenvalue weighted by Gasteiger charge is -2.08. The summed E-state index contributed by atoms with van der Waals surface area (Å²) in [6.07, 6.45) is 0. The second-order valence-electron chi connectivity index (χ2n) is 6.67. The number of esters is 2. The third-order valence-corrected chi connectivity index (χ3v) is 5.74. The van der Waals surface area contributed by atoms with Crippen LogP contribution in [0.5, 0.6) is 0 Å². The highest BCUT2D eigenvalue weighted by molar-refractivity contribution is 7.20. The molecule has 0 saturated heterocycles. The van der Waals surface area contributed by atoms with Gasteiger partial charge < -0.3 is 19.3 Å². The summed E-state index contributed by atoms with van der Waals surface area (Å²) in [4.78, 5) is 38.1. The van der Waals surface area contributed by atoms with Gasteiger partial charge in [0.05, 0.1) is 17.9 Å². The molecule has 1 amide bonds. The predicted octanol–water partition coefficient (Wildman–Crippen LogP) is 4.30. The Kier molecular flexibility index (Phi) is 6.86. The van der Waals surface area contributed by atoms with E-state index in [2.05, 4.69) is 10.5 Å². The summed E-state index contributed by atoms with van der Waals surface area (Å²) in [7, 11) is 0. The Morgan fingerprint density at radius 1 is 1.03 bits per heavy atom. The second-order valence-corrected chi connectivity index (χ2v) is 7.69. The number of benzene rings is 1. The average molecular weight is 442 g/mol. The number of carbonyl (C=O) groups is 3. The summed E-state index contributed by atoms with van der Waals surface area (Å²) in [6, 6.07) is 9.53. The summed E-state index contributed by atoms with van der Waals surface area (Å²) in [5.74, 6) is -1.49. The van der Waals surface area contributed by atoms with E-state index >= 15 is 0 Å². The van der Waals surface area contributed by atoms with Crippen molar-refractivity contribution in [1.82, 2.24) is 5.16 Å². The van der Waals surface area contributed by atoms with Crippen molar-refractivity contribution in [2.75, 3.05) is 18.5 Å². The van der Waals surface area contributed by atoms with E-state index < -0.39 is 24.5 Å². The first-order valence-electron chi connectivity index (χ1n) is 9.59. The lowest BCUT2D eigenvalue weighted by Crippen LogP contribution is -2.22. The standard InChI is InChI=1S/C22H22N2O6S/c1-5-28-21(26)17-12(2)19(15-9-7-6-8-10-15)31-20(17)23-16(25)11-29-22(27)18-13(3)24-30-14(18)4/h6-10H,5,11H2,1-4H3,(H,23,25). The maximum atomic E-state index is 12.5. The summed E-state index contributed by atoms with van der Waals surface area (Å²) in [5.41, 5.74) is 2.49. The Morgan fingerprint density at radius 3 is 2.32 bits per heavy atom. The number of thiophene rings is 1. The van der Waals surface area contributed by atoms with Crippen LogP contribution in [0.25, 0.3) is 10.4 Å². The van der Waals surface area contributed by atoms with Crippen LogP contribution in [0.1, 0.15) is 44.7 Å². The number of amides is 1. The fourth-order valence-corrected chi connectivity index (χ4v) is 4.27. The Labute approximate surface area is 183 Å². The van der Waals surface area contributed by atoms with Gasteiger partial charge in [0.15, 0.2) is 6.61 Å². The van der Waals surface area contributed by atoms with Crippen LogP contribution in [0.15, 0.2) is 34.9 Å². The minimum atomic E-state index is -0.704. The molecule has 162 valence electrons. The molecule has 3 aromatic rings. The van der Waals surface area contributed by atoms with Crippen molar-refractivity contribution >= 4 is 34.2 Å². The molecule has 2 heterocycles. The van der Waals surface area contributed by atoms with Crippen molar-refractivity contribution in [2.45, 2.75) is 27.7 Å². The number of rotatable bonds is 7. The van der Waals surface area contributed by atoms with E-state index in [-0.39, 0.29) is 17.7 Å². The summed E-state index contributed by atoms with van der Waals surface area (Å²) in [5, 5.41) is 6.71. The molecule has 1 N–H and O–H groups in total. The molecule has 0 aliphatic rings. The van der Waals surface area contributed by atoms with Crippen molar-refractivity contribution in [2.24, 2.45) is 0 Å². The van der Waals surface area contributed by atoms with Crippen molar-refractivity contribution in [1.29, 1.82) is 0 Å². The second kappa shape index (κ2) is 9.57. The van der Waals surface area contributed by atoms with Gasteiger partial charge in [-0.15, -0.1) is 11.3 Å². The third-order valence-electron chi connectivity index (χ3n) is 4.49. The first-order valence-corrected chi connectivity index (χ1v) is 10.4. The number of hydrogen-bond donors (Lipinski definition) is 1. The number of aromatic nitrogens is 1. The van der Waals surface area contributed by atoms with E-state index in [4.69, 9.17) is 14.0 Å². The number of anilines is 1. The third kappa shape index (κ3) is 4.83. The summed E-state index contributed by atoms with van der Waals surface area (Å²) in [6.45, 7) is 6.39. The molecular formula is C22H22N2O6S. The molecule has 0 aliphatic carbocycles. The molecule has 0 bridgehead atoms. The lowest BCUT2D eigenvalue weighted by atomic mass is 10.1. The zero-order valence-corrected chi connectivity index (χ0v) is 18.4. The van der Waals surface area contributed by atoms with Gasteiger partial charge in [-0.05, 0) is 38.8 Å². The number of nitrogens with one attached hydrogen (secondary N) is 1. The van der Waals surface area contributed by atoms with Crippen molar-refractivity contribution in [3.63, 3.8) is 0 Å². The molecule has 0 atom stereocenters. The van der Waals surface area contributed by atoms with Crippen molar-refractivity contribution in [3.8, 4) is 10.4 Å². The van der Waals surface area contributed by atoms with Crippen molar-refractivity contribution < 1.29 is 28.4 Å². The van der Waals surface area contributed by atoms with Gasteiger partial charge in [0.25, 0.3) is 5.91 Å². The first-order chi connectivity index (χ1) is 14.8. The van der Waals surface area contributed by atoms with Gasteiger partial charge >= 0.3 is 11.9 Å². The average Bonchev–Trinajstić information content (AvgIpc) is 3.25. The fraction of sp³-hybridized carbons (Fsp3) is 0.273. The zero-order valence-electron chi connectivity index (χ0n) is 17.6. The van der Waals surface area contributed by atoms with Crippen LogP contribution >= 0.6 is 11.3 Å². The summed E-state index contributed by atoms with van der Waals surface area (Å²) >= 11 is 1.26. The predicted molar refractivity (Wildman–Crippen MR) is 115 cm³/mol. The van der Waals surface area contributed by atoms with E-state index in [0.717, 1.165) is 10.4 Å². The molecule has 3 rings (SSSR count). The van der Waals surface area contributed by atoms with E-state index in [1.165, 1.54) is 11.3 Å². The van der Waals surface area contributed by atoms with E-state index in [0.29, 0.717) is 22.0 Å². The fourth-order valence-electron chi connectivity index (χ4n) is 3.06. The molecule has 2 aromatic heterocycles. The minimum Gasteiger partial charge on any atom is -0.462 e. The number of ether oxygens (including phenoxy) is 2. The molecule has 8 nitrogen and oxygen atoms in total. The van der Waals surface area contributed by atoms with Crippen LogP contribution in [0.4, 0.5) is 5.00 Å². The van der Waals surface area contributed by atoms with Crippen LogP contribution in [0.3, 0.4) is 0 Å². The van der Waals surface area contributed by atoms with E-state index in [9.17, 15) is 14.4 Å². The van der Waals surface area contributed by atoms with Crippen LogP contribution in [-0.2, 0) is 14.3 Å². The molecule has 0 radical (unpaired) electrons. The normalized spacial score (nSPS) is 10.6. The Balaban J connectivity index is 1.80. The van der Waals surface area contributed by atoms with Gasteiger partial charge in [-0.3, -0.25) is 4.79 Å². The molecule has 0 unspecified atom stereocenters. The van der Waals surface area contributed by atoms with Crippen molar-refractivity contribution in [3.05, 3.63) is 58.5 Å². The molecule has 0 spiro atoms. The molecule has 0 fully saturated rings. The van der Waals surface area contributed by atoms with Crippen LogP contribution in [-0.4, -0.2) is 36.2 Å². The van der Waals surface area contributed by atoms with Gasteiger partial charge in [-0.1, -0.05) is 35.5 Å². The Morgan fingerprint density at radius 2 is 1.71 bits per heavy atom. The molecule has 1 aromatic carbocycles. The highest BCUT2D eigenvalue weighted by atomic mass is 32.1. The van der Waals surface area contributed by atoms with Crippen LogP contribution in [0, 0.1) is 20.8 Å². The number of hydrogen-bond acceptors (Lipinski definition) is 8. The Bertz CT molecular complexity index is 1100. The quantitative estimate of drug-likeness (QED) is 0.544. The molecule has 0 aliphatic heterocycles. The number of carbonyl (C=O) groups excluding carboxylic acids is 3. The molecular weight excluding hydrogens is 420 g/mol. The van der Waals surface area contributed by atoms with E-state index in [1.807, 2.05) is 30.3 Å². The molecule has 9 heteroatoms. The van der Waals surface area contributed by atoms with Gasteiger partial charge in [0.1, 0.15) is 16.3 Å². The number of nitrogens with zero attached hydrogens (tertiary/aromatic N) is 1. The highest BCUT2D eigenvalue weighted by Crippen LogP contribution is 2.40. The zero-order chi connectivity index (χ0) is 22.5. The summed E-state index contributed by atoms with van der Waals surface area (Å²) < 4.78 is 15.2. The van der Waals surface area contributed by atoms with E-state index in [1.54, 1.807) is 27.7 Å². The monoisotopic (exact) mass is 442 g/mol. The van der Waals surface area contributed by atoms with Gasteiger partial charge in [0.2, 0.25) is 0 Å². The first kappa shape index (κ1) is 22.2. The largest absolute Gasteiger partial charge is 0.462 e. The van der Waals surface area contributed by atoms with Gasteiger partial charge in [0, 0.05) is 4.88 Å². The van der Waals surface area contributed by atoms with Crippen LogP contribution in [0.2, 0.25) is 0 Å². The maximum absolute atomic E-state index is 12.5. The SMILES string of the molecule is CCOC(=O)c1c(NC(=O)COC(=O)c2c(C)noc2C)sc(-c2ccccc2)c1C. The minimum absolute atomic E-state index is 0.193. The smallest absolute Gasteiger partial charge is 0.344 e. The molecule has 0 saturated carbocycles. The topological polar surface area (TPSA) is 108 Å². The number of aryl methyl sites for hydroxylation is 2.